The second-order valence-electron chi connectivity index (χ2n) is 5.39. The fourth-order valence-corrected chi connectivity index (χ4v) is 2.47. The Morgan fingerprint density at radius 3 is 2.68 bits per heavy atom. The normalized spacial score (nSPS) is 16.6. The van der Waals surface area contributed by atoms with Crippen LogP contribution in [-0.4, -0.2) is 25.0 Å². The zero-order chi connectivity index (χ0) is 13.8. The summed E-state index contributed by atoms with van der Waals surface area (Å²) < 4.78 is 13.8. The molecule has 1 fully saturated rings. The summed E-state index contributed by atoms with van der Waals surface area (Å²) in [5.74, 6) is -0.355. The van der Waals surface area contributed by atoms with Crippen molar-refractivity contribution in [3.63, 3.8) is 0 Å². The van der Waals surface area contributed by atoms with Gasteiger partial charge in [-0.2, -0.15) is 0 Å². The Balaban J connectivity index is 2.21. The molecule has 0 atom stereocenters. The first-order valence-electron chi connectivity index (χ1n) is 6.89. The lowest BCUT2D eigenvalue weighted by Gasteiger charge is -2.23. The molecule has 0 radical (unpaired) electrons. The second kappa shape index (κ2) is 6.15. The van der Waals surface area contributed by atoms with E-state index in [1.807, 2.05) is 13.8 Å². The number of hydrogen-bond donors (Lipinski definition) is 2. The molecule has 0 bridgehead atoms. The fraction of sp³-hybridized carbons (Fsp3) is 0.533. The van der Waals surface area contributed by atoms with Gasteiger partial charge < -0.3 is 10.6 Å². The minimum atomic E-state index is -0.448. The molecule has 2 N–H and O–H groups in total. The molecule has 1 amide bonds. The van der Waals surface area contributed by atoms with E-state index in [9.17, 15) is 9.18 Å². The van der Waals surface area contributed by atoms with E-state index in [-0.39, 0.29) is 17.5 Å². The highest BCUT2D eigenvalue weighted by Crippen LogP contribution is 2.26. The molecule has 1 heterocycles. The topological polar surface area (TPSA) is 41.1 Å². The van der Waals surface area contributed by atoms with Gasteiger partial charge in [0.05, 0.1) is 5.56 Å². The number of hydrogen-bond acceptors (Lipinski definition) is 2. The van der Waals surface area contributed by atoms with Crippen LogP contribution in [0.5, 0.6) is 0 Å². The minimum absolute atomic E-state index is 0.00874. The first-order chi connectivity index (χ1) is 9.08. The van der Waals surface area contributed by atoms with Crippen molar-refractivity contribution in [2.24, 2.45) is 0 Å². The standard InChI is InChI=1S/C15H21FN2O/c1-10(2)18-15(19)13-9-12(3-4-14(13)16)11-5-7-17-8-6-11/h3-4,9-11,17H,5-8H2,1-2H3,(H,18,19). The van der Waals surface area contributed by atoms with E-state index in [4.69, 9.17) is 0 Å². The molecule has 0 aromatic heterocycles. The van der Waals surface area contributed by atoms with Crippen LogP contribution < -0.4 is 10.6 Å². The number of benzene rings is 1. The summed E-state index contributed by atoms with van der Waals surface area (Å²) >= 11 is 0. The molecule has 0 spiro atoms. The molecule has 1 aromatic carbocycles. The highest BCUT2D eigenvalue weighted by atomic mass is 19.1. The van der Waals surface area contributed by atoms with Crippen LogP contribution in [0, 0.1) is 5.82 Å². The Morgan fingerprint density at radius 2 is 2.05 bits per heavy atom. The smallest absolute Gasteiger partial charge is 0.254 e. The van der Waals surface area contributed by atoms with Gasteiger partial charge in [-0.3, -0.25) is 4.79 Å². The largest absolute Gasteiger partial charge is 0.350 e. The lowest BCUT2D eigenvalue weighted by molar-refractivity contribution is 0.0939. The maximum absolute atomic E-state index is 13.8. The third-order valence-electron chi connectivity index (χ3n) is 3.47. The van der Waals surface area contributed by atoms with Crippen LogP contribution in [-0.2, 0) is 0 Å². The van der Waals surface area contributed by atoms with Crippen molar-refractivity contribution in [2.45, 2.75) is 38.6 Å². The summed E-state index contributed by atoms with van der Waals surface area (Å²) in [5, 5.41) is 6.04. The predicted molar refractivity (Wildman–Crippen MR) is 73.8 cm³/mol. The predicted octanol–water partition coefficient (Wildman–Crippen LogP) is 2.43. The van der Waals surface area contributed by atoms with Gasteiger partial charge in [0.2, 0.25) is 0 Å². The van der Waals surface area contributed by atoms with Crippen LogP contribution in [0.4, 0.5) is 4.39 Å². The number of carbonyl (C=O) groups excluding carboxylic acids is 1. The summed E-state index contributed by atoms with van der Waals surface area (Å²) in [6, 6.07) is 4.93. The highest BCUT2D eigenvalue weighted by molar-refractivity contribution is 5.94. The molecule has 0 saturated carbocycles. The molecular formula is C15H21FN2O. The first-order valence-corrected chi connectivity index (χ1v) is 6.89. The quantitative estimate of drug-likeness (QED) is 0.880. The van der Waals surface area contributed by atoms with Gasteiger partial charge in [0, 0.05) is 6.04 Å². The van der Waals surface area contributed by atoms with E-state index in [0.29, 0.717) is 5.92 Å². The van der Waals surface area contributed by atoms with E-state index in [1.165, 1.54) is 6.07 Å². The van der Waals surface area contributed by atoms with E-state index in [0.717, 1.165) is 31.5 Å². The van der Waals surface area contributed by atoms with E-state index >= 15 is 0 Å². The molecule has 0 unspecified atom stereocenters. The highest BCUT2D eigenvalue weighted by Gasteiger charge is 2.19. The van der Waals surface area contributed by atoms with Crippen molar-refractivity contribution >= 4 is 5.91 Å². The van der Waals surface area contributed by atoms with E-state index in [1.54, 1.807) is 12.1 Å². The summed E-state index contributed by atoms with van der Waals surface area (Å²) in [4.78, 5) is 11.9. The summed E-state index contributed by atoms with van der Waals surface area (Å²) in [5.41, 5.74) is 1.22. The molecule has 1 aliphatic rings. The van der Waals surface area contributed by atoms with Crippen LogP contribution in [0.15, 0.2) is 18.2 Å². The van der Waals surface area contributed by atoms with E-state index < -0.39 is 5.82 Å². The number of piperidine rings is 1. The Kier molecular flexibility index (Phi) is 4.53. The van der Waals surface area contributed by atoms with Crippen LogP contribution in [0.3, 0.4) is 0 Å². The Hall–Kier alpha value is -1.42. The first kappa shape index (κ1) is 14.0. The van der Waals surface area contributed by atoms with Crippen LogP contribution in [0.25, 0.3) is 0 Å². The molecule has 2 rings (SSSR count). The number of amides is 1. The van der Waals surface area contributed by atoms with Crippen molar-refractivity contribution < 1.29 is 9.18 Å². The minimum Gasteiger partial charge on any atom is -0.350 e. The zero-order valence-corrected chi connectivity index (χ0v) is 11.5. The van der Waals surface area contributed by atoms with Gasteiger partial charge in [-0.1, -0.05) is 6.07 Å². The Labute approximate surface area is 113 Å². The number of nitrogens with one attached hydrogen (secondary N) is 2. The number of rotatable bonds is 3. The monoisotopic (exact) mass is 264 g/mol. The average Bonchev–Trinajstić information content (AvgIpc) is 2.39. The maximum atomic E-state index is 13.8. The second-order valence-corrected chi connectivity index (χ2v) is 5.39. The summed E-state index contributed by atoms with van der Waals surface area (Å²) in [6.07, 6.45) is 2.08. The van der Waals surface area contributed by atoms with Gasteiger partial charge in [0.15, 0.2) is 0 Å². The lowest BCUT2D eigenvalue weighted by Crippen LogP contribution is -2.31. The SMILES string of the molecule is CC(C)NC(=O)c1cc(C2CCNCC2)ccc1F. The van der Waals surface area contributed by atoms with Gasteiger partial charge in [0.1, 0.15) is 5.82 Å². The fourth-order valence-electron chi connectivity index (χ4n) is 2.47. The molecule has 0 aliphatic carbocycles. The number of halogens is 1. The summed E-state index contributed by atoms with van der Waals surface area (Å²) in [7, 11) is 0. The van der Waals surface area contributed by atoms with Crippen molar-refractivity contribution in [2.75, 3.05) is 13.1 Å². The Morgan fingerprint density at radius 1 is 1.37 bits per heavy atom. The van der Waals surface area contributed by atoms with Gasteiger partial charge in [-0.05, 0) is 63.4 Å². The van der Waals surface area contributed by atoms with Gasteiger partial charge in [0.25, 0.3) is 5.91 Å². The van der Waals surface area contributed by atoms with Crippen LogP contribution in [0.2, 0.25) is 0 Å². The molecule has 1 aliphatic heterocycles. The van der Waals surface area contributed by atoms with Crippen molar-refractivity contribution in [3.8, 4) is 0 Å². The molecule has 104 valence electrons. The van der Waals surface area contributed by atoms with Gasteiger partial charge in [-0.25, -0.2) is 4.39 Å². The average molecular weight is 264 g/mol. The van der Waals surface area contributed by atoms with Crippen molar-refractivity contribution in [1.29, 1.82) is 0 Å². The molecular weight excluding hydrogens is 243 g/mol. The molecule has 1 saturated heterocycles. The molecule has 19 heavy (non-hydrogen) atoms. The molecule has 4 heteroatoms. The van der Waals surface area contributed by atoms with Crippen LogP contribution in [0.1, 0.15) is 48.5 Å². The lowest BCUT2D eigenvalue weighted by atomic mass is 9.89. The van der Waals surface area contributed by atoms with Crippen molar-refractivity contribution in [1.82, 2.24) is 10.6 Å². The van der Waals surface area contributed by atoms with Gasteiger partial charge >= 0.3 is 0 Å². The van der Waals surface area contributed by atoms with Gasteiger partial charge in [-0.15, -0.1) is 0 Å². The third kappa shape index (κ3) is 3.53. The van der Waals surface area contributed by atoms with Crippen LogP contribution >= 0.6 is 0 Å². The molecule has 3 nitrogen and oxygen atoms in total. The number of carbonyl (C=O) groups is 1. The zero-order valence-electron chi connectivity index (χ0n) is 11.5. The summed E-state index contributed by atoms with van der Waals surface area (Å²) in [6.45, 7) is 5.70. The van der Waals surface area contributed by atoms with Crippen molar-refractivity contribution in [3.05, 3.63) is 35.1 Å². The maximum Gasteiger partial charge on any atom is 0.254 e. The third-order valence-corrected chi connectivity index (χ3v) is 3.47. The Bertz CT molecular complexity index is 453. The molecule has 1 aromatic rings. The van der Waals surface area contributed by atoms with E-state index in [2.05, 4.69) is 10.6 Å².